The number of hydrogen-bond donors (Lipinski definition) is 1. The van der Waals surface area contributed by atoms with Gasteiger partial charge in [0.1, 0.15) is 50.3 Å². The van der Waals surface area contributed by atoms with Crippen LogP contribution in [0.5, 0.6) is 5.75 Å². The fourth-order valence-corrected chi connectivity index (χ4v) is 2.58. The number of morpholine rings is 1. The van der Waals surface area contributed by atoms with Gasteiger partial charge in [-0.1, -0.05) is 12.1 Å². The summed E-state index contributed by atoms with van der Waals surface area (Å²) in [5.74, 6) is 0.679. The molecule has 102 valence electrons. The lowest BCUT2D eigenvalue weighted by Crippen LogP contribution is -3.16. The van der Waals surface area contributed by atoms with E-state index in [0.29, 0.717) is 30.1 Å². The van der Waals surface area contributed by atoms with E-state index in [1.807, 2.05) is 18.2 Å². The van der Waals surface area contributed by atoms with Crippen molar-refractivity contribution < 1.29 is 14.4 Å². The fraction of sp³-hybridized carbons (Fsp3) is 0.533. The summed E-state index contributed by atoms with van der Waals surface area (Å²) in [6, 6.07) is 9.51. The molecule has 0 unspecified atom stereocenters. The highest BCUT2D eigenvalue weighted by molar-refractivity contribution is 5.42. The number of nitriles is 1. The van der Waals surface area contributed by atoms with Gasteiger partial charge in [-0.3, -0.25) is 0 Å². The molecule has 0 aromatic heterocycles. The van der Waals surface area contributed by atoms with Crippen LogP contribution in [0.15, 0.2) is 24.3 Å². The number of ether oxygens (including phenoxy) is 2. The van der Waals surface area contributed by atoms with Gasteiger partial charge >= 0.3 is 0 Å². The zero-order valence-electron chi connectivity index (χ0n) is 11.6. The summed E-state index contributed by atoms with van der Waals surface area (Å²) in [5.41, 5.74) is 0.598. The van der Waals surface area contributed by atoms with Gasteiger partial charge in [0.25, 0.3) is 0 Å². The molecule has 1 saturated heterocycles. The van der Waals surface area contributed by atoms with Crippen molar-refractivity contribution in [2.24, 2.45) is 0 Å². The maximum Gasteiger partial charge on any atom is 0.137 e. The quantitative estimate of drug-likeness (QED) is 0.865. The molecule has 1 heterocycles. The van der Waals surface area contributed by atoms with Gasteiger partial charge in [0.15, 0.2) is 0 Å². The van der Waals surface area contributed by atoms with Gasteiger partial charge in [0.05, 0.1) is 5.56 Å². The lowest BCUT2D eigenvalue weighted by atomic mass is 10.2. The highest BCUT2D eigenvalue weighted by Gasteiger charge is 2.25. The van der Waals surface area contributed by atoms with Crippen LogP contribution in [0.25, 0.3) is 0 Å². The maximum atomic E-state index is 8.98. The first-order valence-electron chi connectivity index (χ1n) is 6.80. The van der Waals surface area contributed by atoms with E-state index in [1.54, 1.807) is 6.07 Å². The third kappa shape index (κ3) is 3.95. The molecule has 0 amide bonds. The number of benzene rings is 1. The molecule has 19 heavy (non-hydrogen) atoms. The number of hydrogen-bond acceptors (Lipinski definition) is 3. The lowest BCUT2D eigenvalue weighted by molar-refractivity contribution is -0.915. The average molecular weight is 261 g/mol. The van der Waals surface area contributed by atoms with E-state index < -0.39 is 0 Å². The second-order valence-corrected chi connectivity index (χ2v) is 5.12. The van der Waals surface area contributed by atoms with E-state index in [2.05, 4.69) is 19.9 Å². The summed E-state index contributed by atoms with van der Waals surface area (Å²) >= 11 is 0. The summed E-state index contributed by atoms with van der Waals surface area (Å²) < 4.78 is 11.4. The third-order valence-electron chi connectivity index (χ3n) is 3.34. The van der Waals surface area contributed by atoms with Crippen LogP contribution >= 0.6 is 0 Å². The highest BCUT2D eigenvalue weighted by atomic mass is 16.5. The van der Waals surface area contributed by atoms with Gasteiger partial charge in [-0.05, 0) is 26.0 Å². The Morgan fingerprint density at radius 1 is 1.32 bits per heavy atom. The van der Waals surface area contributed by atoms with Crippen molar-refractivity contribution in [1.82, 2.24) is 0 Å². The lowest BCUT2D eigenvalue weighted by Gasteiger charge is -2.32. The topological polar surface area (TPSA) is 46.7 Å². The van der Waals surface area contributed by atoms with Crippen LogP contribution in [-0.4, -0.2) is 38.4 Å². The van der Waals surface area contributed by atoms with Crippen LogP contribution in [0.3, 0.4) is 0 Å². The zero-order valence-corrected chi connectivity index (χ0v) is 11.6. The molecule has 2 rings (SSSR count). The van der Waals surface area contributed by atoms with Crippen molar-refractivity contribution in [3.63, 3.8) is 0 Å². The summed E-state index contributed by atoms with van der Waals surface area (Å²) in [5, 5.41) is 8.98. The molecular weight excluding hydrogens is 240 g/mol. The molecule has 0 spiro atoms. The predicted octanol–water partition coefficient (Wildman–Crippen LogP) is 0.629. The van der Waals surface area contributed by atoms with Crippen molar-refractivity contribution in [3.8, 4) is 11.8 Å². The molecule has 1 aliphatic rings. The summed E-state index contributed by atoms with van der Waals surface area (Å²) in [4.78, 5) is 1.50. The second-order valence-electron chi connectivity index (χ2n) is 5.12. The maximum absolute atomic E-state index is 8.98. The van der Waals surface area contributed by atoms with Crippen LogP contribution in [0.4, 0.5) is 0 Å². The molecule has 1 aromatic carbocycles. The van der Waals surface area contributed by atoms with Crippen LogP contribution in [-0.2, 0) is 4.74 Å². The van der Waals surface area contributed by atoms with Gasteiger partial charge in [-0.25, -0.2) is 0 Å². The largest absolute Gasteiger partial charge is 0.486 e. The average Bonchev–Trinajstić information content (AvgIpc) is 2.38. The first-order valence-corrected chi connectivity index (χ1v) is 6.80. The molecule has 0 saturated carbocycles. The molecule has 1 aliphatic heterocycles. The second kappa shape index (κ2) is 6.55. The molecule has 4 nitrogen and oxygen atoms in total. The van der Waals surface area contributed by atoms with Gasteiger partial charge in [0.2, 0.25) is 0 Å². The third-order valence-corrected chi connectivity index (χ3v) is 3.34. The van der Waals surface area contributed by atoms with Crippen molar-refractivity contribution in [2.45, 2.75) is 26.1 Å². The van der Waals surface area contributed by atoms with Crippen LogP contribution in [0.2, 0.25) is 0 Å². The summed E-state index contributed by atoms with van der Waals surface area (Å²) in [6.45, 7) is 7.84. The minimum Gasteiger partial charge on any atom is -0.486 e. The monoisotopic (exact) mass is 261 g/mol. The number of para-hydroxylation sites is 1. The molecule has 2 atom stereocenters. The first-order chi connectivity index (χ1) is 9.19. The Bertz CT molecular complexity index is 446. The fourth-order valence-electron chi connectivity index (χ4n) is 2.58. The zero-order chi connectivity index (χ0) is 13.7. The predicted molar refractivity (Wildman–Crippen MR) is 72.2 cm³/mol. The molecular formula is C15H21N2O2+. The van der Waals surface area contributed by atoms with Crippen LogP contribution in [0, 0.1) is 11.3 Å². The number of nitrogens with zero attached hydrogens (tertiary/aromatic N) is 1. The normalized spacial score (nSPS) is 26.7. The van der Waals surface area contributed by atoms with Crippen molar-refractivity contribution in [1.29, 1.82) is 5.26 Å². The SMILES string of the molecule is C[C@H]1C[NH+](CCOc2ccccc2C#N)C[C@H](C)O1. The Kier molecular flexibility index (Phi) is 4.78. The molecule has 1 aromatic rings. The minimum absolute atomic E-state index is 0.310. The van der Waals surface area contributed by atoms with Gasteiger partial charge < -0.3 is 14.4 Å². The standard InChI is InChI=1S/C15H20N2O2/c1-12-10-17(11-13(2)19-12)7-8-18-15-6-4-3-5-14(15)9-16/h3-6,12-13H,7-8,10-11H2,1-2H3/p+1/t12-,13-/m0/s1. The minimum atomic E-state index is 0.310. The van der Waals surface area contributed by atoms with E-state index in [9.17, 15) is 0 Å². The van der Waals surface area contributed by atoms with Crippen LogP contribution in [0.1, 0.15) is 19.4 Å². The number of nitrogens with one attached hydrogen (secondary N) is 1. The van der Waals surface area contributed by atoms with E-state index >= 15 is 0 Å². The van der Waals surface area contributed by atoms with Gasteiger partial charge in [-0.15, -0.1) is 0 Å². The Labute approximate surface area is 114 Å². The van der Waals surface area contributed by atoms with Crippen molar-refractivity contribution in [2.75, 3.05) is 26.2 Å². The van der Waals surface area contributed by atoms with Gasteiger partial charge in [0, 0.05) is 0 Å². The van der Waals surface area contributed by atoms with E-state index in [-0.39, 0.29) is 0 Å². The Morgan fingerprint density at radius 3 is 2.68 bits per heavy atom. The Balaban J connectivity index is 1.82. The smallest absolute Gasteiger partial charge is 0.137 e. The van der Waals surface area contributed by atoms with E-state index in [1.165, 1.54) is 4.90 Å². The molecule has 1 N–H and O–H groups in total. The molecule has 0 radical (unpaired) electrons. The first kappa shape index (κ1) is 13.9. The summed E-state index contributed by atoms with van der Waals surface area (Å²) in [6.07, 6.45) is 0.621. The Morgan fingerprint density at radius 2 is 2.00 bits per heavy atom. The molecule has 0 aliphatic carbocycles. The van der Waals surface area contributed by atoms with Crippen molar-refractivity contribution >= 4 is 0 Å². The number of quaternary nitrogens is 1. The van der Waals surface area contributed by atoms with E-state index in [0.717, 1.165) is 19.6 Å². The Hall–Kier alpha value is -1.57. The van der Waals surface area contributed by atoms with Crippen LogP contribution < -0.4 is 9.64 Å². The van der Waals surface area contributed by atoms with Crippen molar-refractivity contribution in [3.05, 3.63) is 29.8 Å². The highest BCUT2D eigenvalue weighted by Crippen LogP contribution is 2.15. The van der Waals surface area contributed by atoms with E-state index in [4.69, 9.17) is 14.7 Å². The summed E-state index contributed by atoms with van der Waals surface area (Å²) in [7, 11) is 0. The molecule has 1 fully saturated rings. The van der Waals surface area contributed by atoms with Gasteiger partial charge in [-0.2, -0.15) is 5.26 Å². The molecule has 4 heteroatoms. The number of rotatable bonds is 4. The molecule has 0 bridgehead atoms.